The van der Waals surface area contributed by atoms with Crippen molar-refractivity contribution in [2.75, 3.05) is 19.6 Å². The molecule has 0 radical (unpaired) electrons. The van der Waals surface area contributed by atoms with Gasteiger partial charge < -0.3 is 9.73 Å². The van der Waals surface area contributed by atoms with E-state index in [4.69, 9.17) is 4.42 Å². The quantitative estimate of drug-likeness (QED) is 0.620. The normalized spacial score (nSPS) is 11.7. The smallest absolute Gasteiger partial charge is 0.118 e. The van der Waals surface area contributed by atoms with Gasteiger partial charge in [0, 0.05) is 6.54 Å². The Labute approximate surface area is 124 Å². The van der Waals surface area contributed by atoms with Crippen molar-refractivity contribution in [1.29, 1.82) is 0 Å². The van der Waals surface area contributed by atoms with Gasteiger partial charge in [0.1, 0.15) is 11.5 Å². The van der Waals surface area contributed by atoms with Crippen LogP contribution in [0.5, 0.6) is 0 Å². The molecule has 0 atom stereocenters. The number of nitrogens with zero attached hydrogens (tertiary/aromatic N) is 1. The molecule has 0 aliphatic carbocycles. The molecule has 0 bridgehead atoms. The average molecular weight is 280 g/mol. The third-order valence-corrected chi connectivity index (χ3v) is 3.94. The standard InChI is InChI=1S/C17H32N2O/c1-5-11-18-12-16-9-10-17(20-16)14-19(8-4)13-15(6-2)7-3/h9-10,15,18H,5-8,11-14H2,1-4H3. The highest BCUT2D eigenvalue weighted by molar-refractivity contribution is 5.07. The molecular weight excluding hydrogens is 248 g/mol. The summed E-state index contributed by atoms with van der Waals surface area (Å²) in [5.41, 5.74) is 0. The summed E-state index contributed by atoms with van der Waals surface area (Å²) >= 11 is 0. The summed E-state index contributed by atoms with van der Waals surface area (Å²) in [4.78, 5) is 2.49. The third-order valence-electron chi connectivity index (χ3n) is 3.94. The van der Waals surface area contributed by atoms with Gasteiger partial charge in [-0.05, 0) is 37.6 Å². The summed E-state index contributed by atoms with van der Waals surface area (Å²) in [5, 5.41) is 3.38. The fourth-order valence-electron chi connectivity index (χ4n) is 2.43. The minimum atomic E-state index is 0.801. The third kappa shape index (κ3) is 6.10. The van der Waals surface area contributed by atoms with Crippen LogP contribution >= 0.6 is 0 Å². The van der Waals surface area contributed by atoms with Crippen molar-refractivity contribution >= 4 is 0 Å². The van der Waals surface area contributed by atoms with Crippen molar-refractivity contribution in [1.82, 2.24) is 10.2 Å². The van der Waals surface area contributed by atoms with Gasteiger partial charge in [-0.1, -0.05) is 40.5 Å². The molecule has 1 N–H and O–H groups in total. The highest BCUT2D eigenvalue weighted by Gasteiger charge is 2.12. The highest BCUT2D eigenvalue weighted by atomic mass is 16.3. The summed E-state index contributed by atoms with van der Waals surface area (Å²) in [5.74, 6) is 2.94. The second-order valence-corrected chi connectivity index (χ2v) is 5.56. The lowest BCUT2D eigenvalue weighted by molar-refractivity contribution is 0.209. The van der Waals surface area contributed by atoms with Crippen LogP contribution in [0.25, 0.3) is 0 Å². The first-order valence-corrected chi connectivity index (χ1v) is 8.24. The molecule has 0 saturated carbocycles. The van der Waals surface area contributed by atoms with Crippen LogP contribution in [0.15, 0.2) is 16.5 Å². The van der Waals surface area contributed by atoms with Crippen molar-refractivity contribution in [2.24, 2.45) is 5.92 Å². The van der Waals surface area contributed by atoms with E-state index in [9.17, 15) is 0 Å². The van der Waals surface area contributed by atoms with Crippen molar-refractivity contribution in [3.05, 3.63) is 23.7 Å². The lowest BCUT2D eigenvalue weighted by Crippen LogP contribution is -2.28. The molecule has 20 heavy (non-hydrogen) atoms. The Balaban J connectivity index is 2.44. The maximum Gasteiger partial charge on any atom is 0.118 e. The van der Waals surface area contributed by atoms with Gasteiger partial charge in [0.05, 0.1) is 13.1 Å². The molecule has 0 aliphatic rings. The van der Waals surface area contributed by atoms with E-state index in [1.54, 1.807) is 0 Å². The molecule has 0 spiro atoms. The number of hydrogen-bond acceptors (Lipinski definition) is 3. The number of nitrogens with one attached hydrogen (secondary N) is 1. The molecule has 1 rings (SSSR count). The van der Waals surface area contributed by atoms with Crippen LogP contribution in [0.1, 0.15) is 58.5 Å². The van der Waals surface area contributed by atoms with Gasteiger partial charge in [0.25, 0.3) is 0 Å². The van der Waals surface area contributed by atoms with E-state index in [0.29, 0.717) is 0 Å². The molecule has 1 aromatic heterocycles. The van der Waals surface area contributed by atoms with E-state index < -0.39 is 0 Å². The zero-order chi connectivity index (χ0) is 14.8. The predicted molar refractivity (Wildman–Crippen MR) is 85.7 cm³/mol. The first-order chi connectivity index (χ1) is 9.73. The summed E-state index contributed by atoms with van der Waals surface area (Å²) < 4.78 is 5.91. The zero-order valence-corrected chi connectivity index (χ0v) is 13.7. The summed E-state index contributed by atoms with van der Waals surface area (Å²) in [6.45, 7) is 14.1. The van der Waals surface area contributed by atoms with E-state index in [1.165, 1.54) is 19.4 Å². The second kappa shape index (κ2) is 10.0. The molecule has 0 fully saturated rings. The highest BCUT2D eigenvalue weighted by Crippen LogP contribution is 2.14. The molecule has 0 saturated heterocycles. The van der Waals surface area contributed by atoms with Crippen LogP contribution in [0.4, 0.5) is 0 Å². The molecule has 3 nitrogen and oxygen atoms in total. The number of rotatable bonds is 11. The van der Waals surface area contributed by atoms with E-state index >= 15 is 0 Å². The summed E-state index contributed by atoms with van der Waals surface area (Å²) in [6.07, 6.45) is 3.68. The Morgan fingerprint density at radius 1 is 1.10 bits per heavy atom. The fraction of sp³-hybridized carbons (Fsp3) is 0.765. The fourth-order valence-corrected chi connectivity index (χ4v) is 2.43. The Hall–Kier alpha value is -0.800. The summed E-state index contributed by atoms with van der Waals surface area (Å²) in [7, 11) is 0. The Morgan fingerprint density at radius 2 is 1.80 bits per heavy atom. The van der Waals surface area contributed by atoms with Gasteiger partial charge in [-0.2, -0.15) is 0 Å². The maximum absolute atomic E-state index is 5.91. The van der Waals surface area contributed by atoms with Crippen LogP contribution in [0.2, 0.25) is 0 Å². The first-order valence-electron chi connectivity index (χ1n) is 8.24. The van der Waals surface area contributed by atoms with Crippen LogP contribution in [0.3, 0.4) is 0 Å². The van der Waals surface area contributed by atoms with E-state index in [-0.39, 0.29) is 0 Å². The Bertz CT molecular complexity index is 345. The Morgan fingerprint density at radius 3 is 2.40 bits per heavy atom. The molecule has 1 aromatic rings. The SMILES string of the molecule is CCCNCc1ccc(CN(CC)CC(CC)CC)o1. The first kappa shape index (κ1) is 17.3. The van der Waals surface area contributed by atoms with Crippen LogP contribution < -0.4 is 5.32 Å². The molecule has 3 heteroatoms. The van der Waals surface area contributed by atoms with Crippen molar-refractivity contribution < 1.29 is 4.42 Å². The van der Waals surface area contributed by atoms with Crippen LogP contribution in [0, 0.1) is 5.92 Å². The van der Waals surface area contributed by atoms with Gasteiger partial charge in [0.15, 0.2) is 0 Å². The molecule has 0 aliphatic heterocycles. The van der Waals surface area contributed by atoms with E-state index in [0.717, 1.165) is 50.0 Å². The van der Waals surface area contributed by atoms with Crippen LogP contribution in [-0.4, -0.2) is 24.5 Å². The van der Waals surface area contributed by atoms with Crippen LogP contribution in [-0.2, 0) is 13.1 Å². The maximum atomic E-state index is 5.91. The lowest BCUT2D eigenvalue weighted by Gasteiger charge is -2.24. The van der Waals surface area contributed by atoms with Crippen molar-refractivity contribution in [3.8, 4) is 0 Å². The number of hydrogen-bond donors (Lipinski definition) is 1. The molecule has 0 unspecified atom stereocenters. The lowest BCUT2D eigenvalue weighted by atomic mass is 10.0. The largest absolute Gasteiger partial charge is 0.463 e. The minimum absolute atomic E-state index is 0.801. The minimum Gasteiger partial charge on any atom is -0.463 e. The van der Waals surface area contributed by atoms with Gasteiger partial charge in [-0.3, -0.25) is 4.90 Å². The van der Waals surface area contributed by atoms with E-state index in [1.807, 2.05) is 0 Å². The number of furan rings is 1. The molecular formula is C17H32N2O. The summed E-state index contributed by atoms with van der Waals surface area (Å²) in [6, 6.07) is 4.22. The van der Waals surface area contributed by atoms with Gasteiger partial charge in [-0.15, -0.1) is 0 Å². The average Bonchev–Trinajstić information content (AvgIpc) is 2.91. The zero-order valence-electron chi connectivity index (χ0n) is 13.7. The molecule has 1 heterocycles. The predicted octanol–water partition coefficient (Wildman–Crippen LogP) is 4.04. The second-order valence-electron chi connectivity index (χ2n) is 5.56. The molecule has 0 aromatic carbocycles. The molecule has 116 valence electrons. The molecule has 0 amide bonds. The van der Waals surface area contributed by atoms with E-state index in [2.05, 4.69) is 50.0 Å². The van der Waals surface area contributed by atoms with Gasteiger partial charge in [0.2, 0.25) is 0 Å². The van der Waals surface area contributed by atoms with Gasteiger partial charge >= 0.3 is 0 Å². The topological polar surface area (TPSA) is 28.4 Å². The van der Waals surface area contributed by atoms with Crippen molar-refractivity contribution in [2.45, 2.75) is 60.0 Å². The Kier molecular flexibility index (Phi) is 8.63. The van der Waals surface area contributed by atoms with Gasteiger partial charge in [-0.25, -0.2) is 0 Å². The monoisotopic (exact) mass is 280 g/mol. The van der Waals surface area contributed by atoms with Crippen molar-refractivity contribution in [3.63, 3.8) is 0 Å².